The Labute approximate surface area is 123 Å². The standard InChI is InChI=1S/C14H15B3N2O/c1-19-6-4-11-10-3-2-9(20-14(15,16)17)8-13(10)18-12(11)5-7-19/h2-3,8,18H,4-7H2,1H3. The molecular formula is C14H15B3N2O. The van der Waals surface area contributed by atoms with Crippen LogP contribution in [0.15, 0.2) is 18.2 Å². The number of ether oxygens (including phenoxy) is 1. The molecule has 20 heavy (non-hydrogen) atoms. The molecule has 0 atom stereocenters. The molecule has 0 fully saturated rings. The minimum Gasteiger partial charge on any atom is -0.516 e. The number of H-pyrrole nitrogens is 1. The van der Waals surface area contributed by atoms with Gasteiger partial charge in [-0.3, -0.25) is 0 Å². The first-order valence-electron chi connectivity index (χ1n) is 6.80. The van der Waals surface area contributed by atoms with Gasteiger partial charge in [-0.1, -0.05) is 0 Å². The molecule has 0 spiro atoms. The van der Waals surface area contributed by atoms with Crippen LogP contribution in [0.4, 0.5) is 0 Å². The highest BCUT2D eigenvalue weighted by Gasteiger charge is 2.17. The molecule has 3 nitrogen and oxygen atoms in total. The van der Waals surface area contributed by atoms with Crippen molar-refractivity contribution in [2.75, 3.05) is 20.1 Å². The zero-order valence-corrected chi connectivity index (χ0v) is 11.6. The third-order valence-corrected chi connectivity index (χ3v) is 3.75. The van der Waals surface area contributed by atoms with E-state index in [4.69, 9.17) is 28.3 Å². The molecule has 2 aromatic rings. The molecule has 0 saturated heterocycles. The van der Waals surface area contributed by atoms with Crippen LogP contribution in [-0.2, 0) is 12.8 Å². The average Bonchev–Trinajstić information content (AvgIpc) is 2.58. The van der Waals surface area contributed by atoms with E-state index in [-0.39, 0.29) is 0 Å². The van der Waals surface area contributed by atoms with Crippen molar-refractivity contribution in [1.82, 2.24) is 9.88 Å². The van der Waals surface area contributed by atoms with Crippen molar-refractivity contribution in [3.8, 4) is 5.75 Å². The first-order valence-corrected chi connectivity index (χ1v) is 6.80. The number of aromatic nitrogens is 1. The zero-order chi connectivity index (χ0) is 14.3. The van der Waals surface area contributed by atoms with Gasteiger partial charge in [0.25, 0.3) is 0 Å². The van der Waals surface area contributed by atoms with Gasteiger partial charge in [0.1, 0.15) is 29.3 Å². The van der Waals surface area contributed by atoms with Gasteiger partial charge in [0.2, 0.25) is 0 Å². The van der Waals surface area contributed by atoms with Crippen LogP contribution in [0, 0.1) is 0 Å². The minimum atomic E-state index is -1.65. The molecule has 1 N–H and O–H groups in total. The van der Waals surface area contributed by atoms with E-state index in [1.165, 1.54) is 16.6 Å². The van der Waals surface area contributed by atoms with E-state index in [1.54, 1.807) is 0 Å². The van der Waals surface area contributed by atoms with Crippen LogP contribution < -0.4 is 4.74 Å². The molecule has 0 aliphatic carbocycles. The van der Waals surface area contributed by atoms with Gasteiger partial charge >= 0.3 is 0 Å². The maximum absolute atomic E-state index is 5.46. The van der Waals surface area contributed by atoms with Crippen LogP contribution in [0.2, 0.25) is 0 Å². The van der Waals surface area contributed by atoms with Gasteiger partial charge in [-0.05, 0) is 36.5 Å². The largest absolute Gasteiger partial charge is 0.516 e. The Morgan fingerprint density at radius 2 is 1.95 bits per heavy atom. The van der Waals surface area contributed by atoms with Gasteiger partial charge in [0.05, 0.1) is 0 Å². The summed E-state index contributed by atoms with van der Waals surface area (Å²) < 4.78 is 5.29. The van der Waals surface area contributed by atoms with E-state index in [0.29, 0.717) is 5.75 Å². The van der Waals surface area contributed by atoms with E-state index in [9.17, 15) is 0 Å². The highest BCUT2D eigenvalue weighted by Crippen LogP contribution is 2.29. The number of likely N-dealkylation sites (N-methyl/N-ethyl adjacent to an activating group) is 1. The fraction of sp³-hybridized carbons (Fsp3) is 0.429. The molecule has 0 unspecified atom stereocenters. The Hall–Kier alpha value is -1.29. The highest BCUT2D eigenvalue weighted by molar-refractivity contribution is 6.58. The summed E-state index contributed by atoms with van der Waals surface area (Å²) in [4.78, 5) is 5.82. The Morgan fingerprint density at radius 3 is 2.70 bits per heavy atom. The number of aromatic amines is 1. The maximum atomic E-state index is 5.46. The smallest absolute Gasteiger partial charge is 0.118 e. The normalized spacial score (nSPS) is 16.9. The predicted molar refractivity (Wildman–Crippen MR) is 83.8 cm³/mol. The van der Waals surface area contributed by atoms with Crippen LogP contribution in [0.1, 0.15) is 11.3 Å². The molecular weight excluding hydrogens is 245 g/mol. The van der Waals surface area contributed by atoms with Crippen LogP contribution in [-0.4, -0.2) is 58.9 Å². The van der Waals surface area contributed by atoms with Crippen molar-refractivity contribution >= 4 is 34.4 Å². The highest BCUT2D eigenvalue weighted by atomic mass is 16.5. The molecule has 1 aromatic heterocycles. The summed E-state index contributed by atoms with van der Waals surface area (Å²) in [6.45, 7) is 2.15. The maximum Gasteiger partial charge on any atom is 0.118 e. The quantitative estimate of drug-likeness (QED) is 0.804. The zero-order valence-electron chi connectivity index (χ0n) is 11.6. The Kier molecular flexibility index (Phi) is 3.37. The number of benzene rings is 1. The van der Waals surface area contributed by atoms with Crippen molar-refractivity contribution < 1.29 is 4.74 Å². The fourth-order valence-corrected chi connectivity index (χ4v) is 2.77. The van der Waals surface area contributed by atoms with E-state index < -0.39 is 5.30 Å². The summed E-state index contributed by atoms with van der Waals surface area (Å²) in [5.41, 5.74) is 3.75. The molecule has 6 heteroatoms. The summed E-state index contributed by atoms with van der Waals surface area (Å²) in [6.07, 6.45) is 2.09. The number of nitrogens with one attached hydrogen (secondary N) is 1. The first kappa shape index (κ1) is 13.7. The van der Waals surface area contributed by atoms with Crippen molar-refractivity contribution in [1.29, 1.82) is 0 Å². The van der Waals surface area contributed by atoms with Gasteiger partial charge in [-0.2, -0.15) is 0 Å². The number of hydrogen-bond donors (Lipinski definition) is 1. The molecule has 1 aliphatic rings. The van der Waals surface area contributed by atoms with Crippen LogP contribution >= 0.6 is 0 Å². The Balaban J connectivity index is 1.97. The van der Waals surface area contributed by atoms with Gasteiger partial charge in [-0.15, -0.1) is 0 Å². The topological polar surface area (TPSA) is 28.3 Å². The second-order valence-electron chi connectivity index (χ2n) is 5.55. The monoisotopic (exact) mass is 260 g/mol. The average molecular weight is 260 g/mol. The minimum absolute atomic E-state index is 0.568. The third kappa shape index (κ3) is 2.75. The van der Waals surface area contributed by atoms with Crippen LogP contribution in [0.3, 0.4) is 0 Å². The third-order valence-electron chi connectivity index (χ3n) is 3.75. The van der Waals surface area contributed by atoms with Gasteiger partial charge in [0.15, 0.2) is 0 Å². The summed E-state index contributed by atoms with van der Waals surface area (Å²) in [5.74, 6) is 0.568. The summed E-state index contributed by atoms with van der Waals surface area (Å²) in [7, 11) is 18.5. The first-order chi connectivity index (χ1) is 9.42. The number of fused-ring (bicyclic) bond motifs is 3. The lowest BCUT2D eigenvalue weighted by molar-refractivity contribution is 0.319. The summed E-state index contributed by atoms with van der Waals surface area (Å²) in [6, 6.07) is 5.79. The fourth-order valence-electron chi connectivity index (χ4n) is 2.77. The molecule has 0 bridgehead atoms. The van der Waals surface area contributed by atoms with Gasteiger partial charge < -0.3 is 14.6 Å². The van der Waals surface area contributed by atoms with E-state index in [2.05, 4.69) is 16.9 Å². The second kappa shape index (κ2) is 4.92. The second-order valence-corrected chi connectivity index (χ2v) is 5.55. The van der Waals surface area contributed by atoms with Gasteiger partial charge in [0, 0.05) is 42.2 Å². The SMILES string of the molecule is [B]C([B])([B])Oc1ccc2c3c([nH]c2c1)CCN(C)CC3. The lowest BCUT2D eigenvalue weighted by Crippen LogP contribution is -2.37. The van der Waals surface area contributed by atoms with Gasteiger partial charge in [-0.25, -0.2) is 0 Å². The summed E-state index contributed by atoms with van der Waals surface area (Å²) in [5, 5.41) is -0.417. The molecule has 1 aromatic carbocycles. The van der Waals surface area contributed by atoms with E-state index >= 15 is 0 Å². The van der Waals surface area contributed by atoms with Crippen molar-refractivity contribution in [2.45, 2.75) is 18.1 Å². The van der Waals surface area contributed by atoms with Crippen molar-refractivity contribution in [2.24, 2.45) is 0 Å². The molecule has 0 amide bonds. The predicted octanol–water partition coefficient (Wildman–Crippen LogP) is 0.694. The van der Waals surface area contributed by atoms with Crippen molar-refractivity contribution in [3.63, 3.8) is 0 Å². The van der Waals surface area contributed by atoms with Crippen molar-refractivity contribution in [3.05, 3.63) is 29.5 Å². The lowest BCUT2D eigenvalue weighted by atomic mass is 9.52. The number of hydrogen-bond acceptors (Lipinski definition) is 2. The molecule has 3 rings (SSSR count). The molecule has 6 radical (unpaired) electrons. The van der Waals surface area contributed by atoms with Crippen LogP contribution in [0.5, 0.6) is 5.75 Å². The number of nitrogens with zero attached hydrogens (tertiary/aromatic N) is 1. The van der Waals surface area contributed by atoms with Crippen LogP contribution in [0.25, 0.3) is 10.9 Å². The molecule has 96 valence electrons. The molecule has 0 saturated carbocycles. The molecule has 2 heterocycles. The van der Waals surface area contributed by atoms with E-state index in [1.807, 2.05) is 18.2 Å². The number of rotatable bonds is 2. The molecule has 1 aliphatic heterocycles. The van der Waals surface area contributed by atoms with E-state index in [0.717, 1.165) is 31.4 Å². The summed E-state index contributed by atoms with van der Waals surface area (Å²) >= 11 is 0. The Morgan fingerprint density at radius 1 is 1.20 bits per heavy atom. The lowest BCUT2D eigenvalue weighted by Gasteiger charge is -2.23. The Bertz CT molecular complexity index is 633.